The number of esters is 1. The van der Waals surface area contributed by atoms with Gasteiger partial charge in [-0.1, -0.05) is 37.3 Å². The maximum Gasteiger partial charge on any atom is 0.348 e. The zero-order chi connectivity index (χ0) is 16.7. The van der Waals surface area contributed by atoms with E-state index in [4.69, 9.17) is 4.74 Å². The third-order valence-corrected chi connectivity index (χ3v) is 4.59. The van der Waals surface area contributed by atoms with Gasteiger partial charge in [-0.2, -0.15) is 0 Å². The molecule has 5 heteroatoms. The van der Waals surface area contributed by atoms with Gasteiger partial charge in [-0.3, -0.25) is 4.79 Å². The van der Waals surface area contributed by atoms with E-state index in [0.717, 1.165) is 28.8 Å². The molecule has 23 heavy (non-hydrogen) atoms. The molecule has 0 fully saturated rings. The number of benzene rings is 1. The second-order valence-electron chi connectivity index (χ2n) is 5.21. The van der Waals surface area contributed by atoms with Crippen molar-refractivity contribution in [1.29, 1.82) is 0 Å². The number of ether oxygens (including phenoxy) is 1. The standard InChI is InChI=1S/C18H21NO3S/c1-3-15-11-16(23-13(15)2)18(21)22-12-17(20)19-10-9-14-7-5-4-6-8-14/h4-8,11H,3,9-10,12H2,1-2H3,(H,19,20). The lowest BCUT2D eigenvalue weighted by atomic mass is 10.1. The lowest BCUT2D eigenvalue weighted by Gasteiger charge is -2.06. The molecule has 0 unspecified atom stereocenters. The molecule has 0 radical (unpaired) electrons. The van der Waals surface area contributed by atoms with Crippen molar-refractivity contribution in [3.63, 3.8) is 0 Å². The summed E-state index contributed by atoms with van der Waals surface area (Å²) in [4.78, 5) is 25.3. The van der Waals surface area contributed by atoms with Gasteiger partial charge in [-0.15, -0.1) is 11.3 Å². The molecule has 0 saturated carbocycles. The number of nitrogens with one attached hydrogen (secondary N) is 1. The number of amides is 1. The number of carbonyl (C=O) groups excluding carboxylic acids is 2. The number of hydrogen-bond acceptors (Lipinski definition) is 4. The number of hydrogen-bond donors (Lipinski definition) is 1. The highest BCUT2D eigenvalue weighted by molar-refractivity contribution is 7.14. The molecule has 1 amide bonds. The first-order valence-corrected chi connectivity index (χ1v) is 8.49. The molecule has 2 aromatic rings. The smallest absolute Gasteiger partial charge is 0.348 e. The average Bonchev–Trinajstić information content (AvgIpc) is 2.94. The Morgan fingerprint density at radius 1 is 1.22 bits per heavy atom. The number of thiophene rings is 1. The van der Waals surface area contributed by atoms with E-state index in [0.29, 0.717) is 11.4 Å². The van der Waals surface area contributed by atoms with Crippen LogP contribution in [-0.4, -0.2) is 25.0 Å². The predicted octanol–water partition coefficient (Wildman–Crippen LogP) is 3.13. The van der Waals surface area contributed by atoms with Crippen LogP contribution in [-0.2, 0) is 22.4 Å². The molecule has 0 bridgehead atoms. The van der Waals surface area contributed by atoms with Crippen LogP contribution in [0.15, 0.2) is 36.4 Å². The number of carbonyl (C=O) groups is 2. The van der Waals surface area contributed by atoms with Crippen LogP contribution in [0.4, 0.5) is 0 Å². The van der Waals surface area contributed by atoms with Crippen molar-refractivity contribution in [1.82, 2.24) is 5.32 Å². The predicted molar refractivity (Wildman–Crippen MR) is 91.9 cm³/mol. The monoisotopic (exact) mass is 331 g/mol. The highest BCUT2D eigenvalue weighted by Gasteiger charge is 2.14. The Kier molecular flexibility index (Phi) is 6.35. The van der Waals surface area contributed by atoms with Crippen LogP contribution in [0.1, 0.15) is 32.6 Å². The number of aryl methyl sites for hydroxylation is 2. The highest BCUT2D eigenvalue weighted by Crippen LogP contribution is 2.22. The lowest BCUT2D eigenvalue weighted by molar-refractivity contribution is -0.124. The second-order valence-corrected chi connectivity index (χ2v) is 6.46. The maximum atomic E-state index is 11.9. The molecule has 1 N–H and O–H groups in total. The van der Waals surface area contributed by atoms with Crippen LogP contribution in [0.5, 0.6) is 0 Å². The molecule has 1 heterocycles. The van der Waals surface area contributed by atoms with E-state index in [1.807, 2.05) is 50.2 Å². The highest BCUT2D eigenvalue weighted by atomic mass is 32.1. The summed E-state index contributed by atoms with van der Waals surface area (Å²) in [6.45, 7) is 4.31. The largest absolute Gasteiger partial charge is 0.451 e. The van der Waals surface area contributed by atoms with Crippen molar-refractivity contribution in [3.05, 3.63) is 57.3 Å². The van der Waals surface area contributed by atoms with Crippen LogP contribution in [0.2, 0.25) is 0 Å². The fraction of sp³-hybridized carbons (Fsp3) is 0.333. The Bertz CT molecular complexity index is 664. The van der Waals surface area contributed by atoms with E-state index in [-0.39, 0.29) is 12.5 Å². The first kappa shape index (κ1) is 17.2. The fourth-order valence-electron chi connectivity index (χ4n) is 2.22. The van der Waals surface area contributed by atoms with E-state index in [1.54, 1.807) is 0 Å². The topological polar surface area (TPSA) is 55.4 Å². The van der Waals surface area contributed by atoms with Crippen LogP contribution in [0, 0.1) is 6.92 Å². The fourth-order valence-corrected chi connectivity index (χ4v) is 3.22. The molecular weight excluding hydrogens is 310 g/mol. The Morgan fingerprint density at radius 3 is 2.61 bits per heavy atom. The molecule has 0 aliphatic carbocycles. The molecule has 4 nitrogen and oxygen atoms in total. The van der Waals surface area contributed by atoms with Crippen molar-refractivity contribution in [2.24, 2.45) is 0 Å². The summed E-state index contributed by atoms with van der Waals surface area (Å²) in [5.41, 5.74) is 2.31. The number of rotatable bonds is 7. The van der Waals surface area contributed by atoms with Crippen molar-refractivity contribution in [2.45, 2.75) is 26.7 Å². The van der Waals surface area contributed by atoms with Crippen molar-refractivity contribution >= 4 is 23.2 Å². The minimum atomic E-state index is -0.434. The summed E-state index contributed by atoms with van der Waals surface area (Å²) in [6.07, 6.45) is 1.64. The normalized spacial score (nSPS) is 10.3. The van der Waals surface area contributed by atoms with Gasteiger partial charge in [-0.25, -0.2) is 4.79 Å². The molecule has 0 aliphatic heterocycles. The zero-order valence-electron chi connectivity index (χ0n) is 13.4. The molecule has 1 aromatic heterocycles. The van der Waals surface area contributed by atoms with Gasteiger partial charge in [-0.05, 0) is 37.0 Å². The van der Waals surface area contributed by atoms with Gasteiger partial charge in [0.15, 0.2) is 6.61 Å². The summed E-state index contributed by atoms with van der Waals surface area (Å²) in [6, 6.07) is 11.7. The van der Waals surface area contributed by atoms with Gasteiger partial charge >= 0.3 is 5.97 Å². The summed E-state index contributed by atoms with van der Waals surface area (Å²) in [5.74, 6) is -0.714. The molecular formula is C18H21NO3S. The molecule has 0 saturated heterocycles. The summed E-state index contributed by atoms with van der Waals surface area (Å²) < 4.78 is 5.06. The van der Waals surface area contributed by atoms with Gasteiger partial charge in [0.2, 0.25) is 0 Å². The van der Waals surface area contributed by atoms with Crippen LogP contribution in [0.3, 0.4) is 0 Å². The molecule has 122 valence electrons. The minimum absolute atomic E-state index is 0.244. The molecule has 2 rings (SSSR count). The van der Waals surface area contributed by atoms with Crippen LogP contribution >= 0.6 is 11.3 Å². The summed E-state index contributed by atoms with van der Waals surface area (Å²) in [5, 5.41) is 2.75. The van der Waals surface area contributed by atoms with Crippen molar-refractivity contribution in [3.8, 4) is 0 Å². The quantitative estimate of drug-likeness (QED) is 0.793. The van der Waals surface area contributed by atoms with E-state index >= 15 is 0 Å². The van der Waals surface area contributed by atoms with E-state index in [9.17, 15) is 9.59 Å². The van der Waals surface area contributed by atoms with Gasteiger partial charge in [0.25, 0.3) is 5.91 Å². The Hall–Kier alpha value is -2.14. The van der Waals surface area contributed by atoms with E-state index in [1.165, 1.54) is 11.3 Å². The first-order valence-electron chi connectivity index (χ1n) is 7.67. The van der Waals surface area contributed by atoms with E-state index < -0.39 is 5.97 Å². The molecule has 1 aromatic carbocycles. The first-order chi connectivity index (χ1) is 11.1. The third-order valence-electron chi connectivity index (χ3n) is 3.52. The summed E-state index contributed by atoms with van der Waals surface area (Å²) in [7, 11) is 0. The third kappa shape index (κ3) is 5.21. The SMILES string of the molecule is CCc1cc(C(=O)OCC(=O)NCCc2ccccc2)sc1C. The Balaban J connectivity index is 1.72. The second kappa shape index (κ2) is 8.48. The molecule has 0 atom stereocenters. The average molecular weight is 331 g/mol. The van der Waals surface area contributed by atoms with Crippen LogP contribution in [0.25, 0.3) is 0 Å². The van der Waals surface area contributed by atoms with E-state index in [2.05, 4.69) is 5.32 Å². The van der Waals surface area contributed by atoms with Crippen molar-refractivity contribution in [2.75, 3.05) is 13.2 Å². The minimum Gasteiger partial charge on any atom is -0.451 e. The zero-order valence-corrected chi connectivity index (χ0v) is 14.2. The summed E-state index contributed by atoms with van der Waals surface area (Å²) >= 11 is 1.41. The molecule has 0 aliphatic rings. The Labute approximate surface area is 140 Å². The van der Waals surface area contributed by atoms with Crippen molar-refractivity contribution < 1.29 is 14.3 Å². The van der Waals surface area contributed by atoms with Gasteiger partial charge in [0, 0.05) is 11.4 Å². The maximum absolute atomic E-state index is 11.9. The Morgan fingerprint density at radius 2 is 1.96 bits per heavy atom. The van der Waals surface area contributed by atoms with Gasteiger partial charge < -0.3 is 10.1 Å². The lowest BCUT2D eigenvalue weighted by Crippen LogP contribution is -2.30. The van der Waals surface area contributed by atoms with Gasteiger partial charge in [0.05, 0.1) is 0 Å². The van der Waals surface area contributed by atoms with Crippen LogP contribution < -0.4 is 5.32 Å². The van der Waals surface area contributed by atoms with Gasteiger partial charge in [0.1, 0.15) is 4.88 Å². The molecule has 0 spiro atoms.